The van der Waals surface area contributed by atoms with E-state index in [1.165, 1.54) is 7.05 Å². The highest BCUT2D eigenvalue weighted by atomic mass is 79.9. The first-order valence-corrected chi connectivity index (χ1v) is 9.07. The maximum absolute atomic E-state index is 12.1. The molecule has 1 heterocycles. The maximum atomic E-state index is 12.1. The minimum absolute atomic E-state index is 0.190. The lowest BCUT2D eigenvalue weighted by Crippen LogP contribution is -2.25. The summed E-state index contributed by atoms with van der Waals surface area (Å²) in [7, 11) is 1.42. The highest BCUT2D eigenvalue weighted by molar-refractivity contribution is 9.10. The van der Waals surface area contributed by atoms with Crippen molar-refractivity contribution >= 4 is 57.1 Å². The van der Waals surface area contributed by atoms with Crippen LogP contribution in [0.3, 0.4) is 0 Å². The highest BCUT2D eigenvalue weighted by Gasteiger charge is 2.30. The van der Waals surface area contributed by atoms with Crippen molar-refractivity contribution in [2.24, 2.45) is 0 Å². The molecule has 1 aliphatic heterocycles. The molecular weight excluding hydrogens is 443 g/mol. The van der Waals surface area contributed by atoms with Gasteiger partial charge < -0.3 is 10.1 Å². The summed E-state index contributed by atoms with van der Waals surface area (Å²) in [4.78, 5) is 24.7. The Morgan fingerprint density at radius 1 is 1.15 bits per heavy atom. The van der Waals surface area contributed by atoms with E-state index in [1.807, 2.05) is 12.1 Å². The number of amides is 3. The van der Waals surface area contributed by atoms with E-state index in [1.54, 1.807) is 30.3 Å². The van der Waals surface area contributed by atoms with Crippen molar-refractivity contribution in [1.29, 1.82) is 0 Å². The summed E-state index contributed by atoms with van der Waals surface area (Å²) in [5.74, 6) is 0.161. The molecule has 0 spiro atoms. The Kier molecular flexibility index (Phi) is 5.55. The summed E-state index contributed by atoms with van der Waals surface area (Å²) in [5, 5.41) is 3.46. The van der Waals surface area contributed by atoms with Gasteiger partial charge in [-0.3, -0.25) is 9.69 Å². The summed E-state index contributed by atoms with van der Waals surface area (Å²) in [6.45, 7) is 0.273. The smallest absolute Gasteiger partial charge is 0.328 e. The standard InChI is InChI=1S/C18H13BrCl2N2O3/c1-23-17(24)15(22-18(23)25)8-11-7-12(19)3-5-16(11)26-9-10-2-4-13(20)14(21)6-10/h2-8H,9H2,1H3,(H,22,25)/b15-8+. The molecule has 1 saturated heterocycles. The van der Waals surface area contributed by atoms with Gasteiger partial charge in [0.2, 0.25) is 0 Å². The molecule has 2 aromatic rings. The van der Waals surface area contributed by atoms with Crippen LogP contribution in [0, 0.1) is 0 Å². The fraction of sp³-hybridized carbons (Fsp3) is 0.111. The molecule has 1 fully saturated rings. The van der Waals surface area contributed by atoms with Crippen LogP contribution in [-0.2, 0) is 11.4 Å². The van der Waals surface area contributed by atoms with Crippen LogP contribution in [0.1, 0.15) is 11.1 Å². The fourth-order valence-electron chi connectivity index (χ4n) is 2.33. The van der Waals surface area contributed by atoms with Gasteiger partial charge in [0.1, 0.15) is 18.1 Å². The zero-order valence-corrected chi connectivity index (χ0v) is 16.7. The first-order valence-electron chi connectivity index (χ1n) is 7.52. The topological polar surface area (TPSA) is 58.6 Å². The monoisotopic (exact) mass is 454 g/mol. The summed E-state index contributed by atoms with van der Waals surface area (Å²) in [6, 6.07) is 10.2. The van der Waals surface area contributed by atoms with Gasteiger partial charge in [-0.1, -0.05) is 45.2 Å². The van der Waals surface area contributed by atoms with Crippen LogP contribution >= 0.6 is 39.1 Å². The number of hydrogen-bond donors (Lipinski definition) is 1. The van der Waals surface area contributed by atoms with Crippen LogP contribution < -0.4 is 10.1 Å². The van der Waals surface area contributed by atoms with Crippen LogP contribution in [0.2, 0.25) is 10.0 Å². The second-order valence-corrected chi connectivity index (χ2v) is 7.30. The van der Waals surface area contributed by atoms with Crippen LogP contribution in [0.5, 0.6) is 5.75 Å². The number of likely N-dealkylation sites (N-methyl/N-ethyl adjacent to an activating group) is 1. The van der Waals surface area contributed by atoms with Gasteiger partial charge in [-0.05, 0) is 42.0 Å². The average molecular weight is 456 g/mol. The van der Waals surface area contributed by atoms with Crippen molar-refractivity contribution in [3.8, 4) is 5.75 Å². The molecule has 134 valence electrons. The minimum atomic E-state index is -0.463. The number of carbonyl (C=O) groups is 2. The van der Waals surface area contributed by atoms with Gasteiger partial charge >= 0.3 is 6.03 Å². The van der Waals surface area contributed by atoms with Crippen molar-refractivity contribution < 1.29 is 14.3 Å². The zero-order chi connectivity index (χ0) is 18.8. The molecule has 0 unspecified atom stereocenters. The summed E-state index contributed by atoms with van der Waals surface area (Å²) < 4.78 is 6.68. The summed E-state index contributed by atoms with van der Waals surface area (Å²) in [5.41, 5.74) is 1.69. The lowest BCUT2D eigenvalue weighted by molar-refractivity contribution is -0.121. The Morgan fingerprint density at radius 3 is 2.58 bits per heavy atom. The van der Waals surface area contributed by atoms with Gasteiger partial charge in [0, 0.05) is 17.1 Å². The van der Waals surface area contributed by atoms with E-state index in [2.05, 4.69) is 21.2 Å². The second-order valence-electron chi connectivity index (χ2n) is 5.57. The number of carbonyl (C=O) groups excluding carboxylic acids is 2. The molecule has 0 aliphatic carbocycles. The van der Waals surface area contributed by atoms with E-state index in [-0.39, 0.29) is 12.3 Å². The highest BCUT2D eigenvalue weighted by Crippen LogP contribution is 2.28. The first kappa shape index (κ1) is 18.8. The molecule has 1 aliphatic rings. The summed E-state index contributed by atoms with van der Waals surface area (Å²) in [6.07, 6.45) is 1.58. The number of hydrogen-bond acceptors (Lipinski definition) is 3. The molecule has 0 radical (unpaired) electrons. The Hall–Kier alpha value is -2.02. The predicted molar refractivity (Wildman–Crippen MR) is 104 cm³/mol. The number of halogens is 3. The lowest BCUT2D eigenvalue weighted by atomic mass is 10.1. The van der Waals surface area contributed by atoms with Gasteiger partial charge in [0.25, 0.3) is 5.91 Å². The van der Waals surface area contributed by atoms with Gasteiger partial charge in [0.05, 0.1) is 10.0 Å². The van der Waals surface area contributed by atoms with Crippen molar-refractivity contribution in [2.75, 3.05) is 7.05 Å². The molecule has 3 amide bonds. The SMILES string of the molecule is CN1C(=O)N/C(=C/c2cc(Br)ccc2OCc2ccc(Cl)c(Cl)c2)C1=O. The number of ether oxygens (including phenoxy) is 1. The molecule has 0 aromatic heterocycles. The van der Waals surface area contributed by atoms with Gasteiger partial charge in [-0.25, -0.2) is 4.79 Å². The van der Waals surface area contributed by atoms with Crippen molar-refractivity contribution in [3.63, 3.8) is 0 Å². The molecule has 26 heavy (non-hydrogen) atoms. The maximum Gasteiger partial charge on any atom is 0.328 e. The third-order valence-electron chi connectivity index (χ3n) is 3.73. The average Bonchev–Trinajstić information content (AvgIpc) is 2.84. The van der Waals surface area contributed by atoms with E-state index < -0.39 is 11.9 Å². The molecule has 2 aromatic carbocycles. The molecule has 0 saturated carbocycles. The van der Waals surface area contributed by atoms with Gasteiger partial charge in [0.15, 0.2) is 0 Å². The van der Waals surface area contributed by atoms with Crippen molar-refractivity contribution in [2.45, 2.75) is 6.61 Å². The predicted octanol–water partition coefficient (Wildman–Crippen LogP) is 4.86. The van der Waals surface area contributed by atoms with E-state index >= 15 is 0 Å². The third-order valence-corrected chi connectivity index (χ3v) is 4.96. The molecular formula is C18H13BrCl2N2O3. The second kappa shape index (κ2) is 7.70. The Bertz CT molecular complexity index is 931. The van der Waals surface area contributed by atoms with E-state index in [9.17, 15) is 9.59 Å². The molecule has 0 atom stereocenters. The van der Waals surface area contributed by atoms with Crippen LogP contribution in [-0.4, -0.2) is 23.9 Å². The molecule has 3 rings (SSSR count). The minimum Gasteiger partial charge on any atom is -0.488 e. The zero-order valence-electron chi connectivity index (χ0n) is 13.6. The first-order chi connectivity index (χ1) is 12.3. The normalized spacial score (nSPS) is 15.5. The van der Waals surface area contributed by atoms with Gasteiger partial charge in [-0.15, -0.1) is 0 Å². The lowest BCUT2D eigenvalue weighted by Gasteiger charge is -2.11. The van der Waals surface area contributed by atoms with Crippen LogP contribution in [0.4, 0.5) is 4.79 Å². The van der Waals surface area contributed by atoms with E-state index in [0.29, 0.717) is 21.4 Å². The van der Waals surface area contributed by atoms with E-state index in [4.69, 9.17) is 27.9 Å². The van der Waals surface area contributed by atoms with Crippen LogP contribution in [0.15, 0.2) is 46.6 Å². The largest absolute Gasteiger partial charge is 0.488 e. The van der Waals surface area contributed by atoms with E-state index in [0.717, 1.165) is 14.9 Å². The number of benzene rings is 2. The molecule has 8 heteroatoms. The summed E-state index contributed by atoms with van der Waals surface area (Å²) >= 11 is 15.3. The number of nitrogens with zero attached hydrogens (tertiary/aromatic N) is 1. The molecule has 5 nitrogen and oxygen atoms in total. The number of rotatable bonds is 4. The van der Waals surface area contributed by atoms with Crippen molar-refractivity contribution in [1.82, 2.24) is 10.2 Å². The third kappa shape index (κ3) is 4.03. The number of urea groups is 1. The Morgan fingerprint density at radius 2 is 1.92 bits per heavy atom. The van der Waals surface area contributed by atoms with Gasteiger partial charge in [-0.2, -0.15) is 0 Å². The number of imide groups is 1. The molecule has 0 bridgehead atoms. The number of nitrogens with one attached hydrogen (secondary N) is 1. The van der Waals surface area contributed by atoms with Crippen LogP contribution in [0.25, 0.3) is 6.08 Å². The Labute approximate surface area is 168 Å². The fourth-order valence-corrected chi connectivity index (χ4v) is 3.03. The molecule has 1 N–H and O–H groups in total. The quantitative estimate of drug-likeness (QED) is 0.529. The van der Waals surface area contributed by atoms with Crippen molar-refractivity contribution in [3.05, 3.63) is 67.7 Å². The Balaban J connectivity index is 1.85.